The first-order valence-corrected chi connectivity index (χ1v) is 9.92. The topological polar surface area (TPSA) is 68.5 Å². The fraction of sp³-hybridized carbons (Fsp3) is 0.211. The average molecular weight is 448 g/mol. The van der Waals surface area contributed by atoms with Crippen molar-refractivity contribution in [1.29, 1.82) is 0 Å². The Kier molecular flexibility index (Phi) is 6.52. The third kappa shape index (κ3) is 5.33. The van der Waals surface area contributed by atoms with Crippen molar-refractivity contribution < 1.29 is 13.9 Å². The molecule has 2 aromatic carbocycles. The highest BCUT2D eigenvalue weighted by atomic mass is 79.9. The van der Waals surface area contributed by atoms with Crippen LogP contribution in [0.25, 0.3) is 11.5 Å². The summed E-state index contributed by atoms with van der Waals surface area (Å²) in [7, 11) is 3.39. The van der Waals surface area contributed by atoms with E-state index in [1.54, 1.807) is 19.1 Å². The molecule has 140 valence electrons. The molecule has 0 radical (unpaired) electrons. The Hall–Kier alpha value is -2.32. The van der Waals surface area contributed by atoms with Gasteiger partial charge in [0.25, 0.3) is 5.22 Å². The number of aromatic nitrogens is 2. The summed E-state index contributed by atoms with van der Waals surface area (Å²) in [4.78, 5) is 14.0. The third-order valence-electron chi connectivity index (χ3n) is 3.82. The lowest BCUT2D eigenvalue weighted by atomic mass is 10.2. The second-order valence-electron chi connectivity index (χ2n) is 5.77. The van der Waals surface area contributed by atoms with Crippen LogP contribution in [0.3, 0.4) is 0 Å². The van der Waals surface area contributed by atoms with E-state index in [1.165, 1.54) is 11.8 Å². The lowest BCUT2D eigenvalue weighted by Crippen LogP contribution is -2.27. The van der Waals surface area contributed by atoms with Crippen LogP contribution >= 0.6 is 27.7 Å². The van der Waals surface area contributed by atoms with Crippen molar-refractivity contribution in [2.24, 2.45) is 0 Å². The standard InChI is InChI=1S/C19H18BrN3O3S/c1-23(11-13-3-7-15(20)8-4-13)17(24)12-27-19-22-21-18(26-19)14-5-9-16(25-2)10-6-14/h3-10H,11-12H2,1-2H3. The molecule has 0 spiro atoms. The summed E-state index contributed by atoms with van der Waals surface area (Å²) in [5, 5.41) is 8.40. The van der Waals surface area contributed by atoms with Crippen molar-refractivity contribution in [2.45, 2.75) is 11.8 Å². The number of hydrogen-bond acceptors (Lipinski definition) is 6. The molecule has 6 nitrogen and oxygen atoms in total. The number of carbonyl (C=O) groups is 1. The summed E-state index contributed by atoms with van der Waals surface area (Å²) in [6, 6.07) is 15.2. The quantitative estimate of drug-likeness (QED) is 0.504. The summed E-state index contributed by atoms with van der Waals surface area (Å²) in [5.41, 5.74) is 1.87. The Labute approximate surface area is 170 Å². The summed E-state index contributed by atoms with van der Waals surface area (Å²) in [5.74, 6) is 1.40. The number of halogens is 1. The maximum absolute atomic E-state index is 12.3. The predicted octanol–water partition coefficient (Wildman–Crippen LogP) is 4.26. The SMILES string of the molecule is COc1ccc(-c2nnc(SCC(=O)N(C)Cc3ccc(Br)cc3)o2)cc1. The molecule has 3 rings (SSSR count). The fourth-order valence-electron chi connectivity index (χ4n) is 2.30. The second-order valence-corrected chi connectivity index (χ2v) is 7.61. The molecule has 0 N–H and O–H groups in total. The van der Waals surface area contributed by atoms with Gasteiger partial charge in [-0.15, -0.1) is 10.2 Å². The molecule has 0 aliphatic heterocycles. The van der Waals surface area contributed by atoms with Gasteiger partial charge in [0, 0.05) is 23.6 Å². The van der Waals surface area contributed by atoms with Gasteiger partial charge in [-0.2, -0.15) is 0 Å². The first-order chi connectivity index (χ1) is 13.0. The fourth-order valence-corrected chi connectivity index (χ4v) is 3.27. The van der Waals surface area contributed by atoms with Crippen LogP contribution in [-0.4, -0.2) is 40.9 Å². The molecule has 0 atom stereocenters. The van der Waals surface area contributed by atoms with Crippen LogP contribution in [0.15, 0.2) is 62.6 Å². The number of ether oxygens (including phenoxy) is 1. The molecule has 0 bridgehead atoms. The molecule has 1 amide bonds. The molecule has 1 aromatic heterocycles. The molecule has 8 heteroatoms. The van der Waals surface area contributed by atoms with Crippen LogP contribution in [-0.2, 0) is 11.3 Å². The van der Waals surface area contributed by atoms with E-state index in [9.17, 15) is 4.79 Å². The van der Waals surface area contributed by atoms with Gasteiger partial charge in [-0.25, -0.2) is 0 Å². The zero-order valence-corrected chi connectivity index (χ0v) is 17.3. The van der Waals surface area contributed by atoms with Gasteiger partial charge in [0.15, 0.2) is 0 Å². The summed E-state index contributed by atoms with van der Waals surface area (Å²) >= 11 is 4.63. The average Bonchev–Trinajstić information content (AvgIpc) is 3.17. The van der Waals surface area contributed by atoms with E-state index in [0.29, 0.717) is 17.7 Å². The van der Waals surface area contributed by atoms with Gasteiger partial charge >= 0.3 is 0 Å². The minimum atomic E-state index is -0.00730. The number of hydrogen-bond donors (Lipinski definition) is 0. The van der Waals surface area contributed by atoms with Gasteiger partial charge in [-0.1, -0.05) is 39.8 Å². The monoisotopic (exact) mass is 447 g/mol. The van der Waals surface area contributed by atoms with Gasteiger partial charge in [0.05, 0.1) is 12.9 Å². The van der Waals surface area contributed by atoms with E-state index in [-0.39, 0.29) is 11.7 Å². The van der Waals surface area contributed by atoms with E-state index in [0.717, 1.165) is 21.3 Å². The van der Waals surface area contributed by atoms with Crippen molar-refractivity contribution in [3.63, 3.8) is 0 Å². The van der Waals surface area contributed by atoms with Crippen LogP contribution in [0.4, 0.5) is 0 Å². The lowest BCUT2D eigenvalue weighted by molar-refractivity contribution is -0.127. The first kappa shape index (κ1) is 19.4. The van der Waals surface area contributed by atoms with E-state index < -0.39 is 0 Å². The number of carbonyl (C=O) groups excluding carboxylic acids is 1. The summed E-state index contributed by atoms with van der Waals surface area (Å²) in [6.45, 7) is 0.549. The van der Waals surface area contributed by atoms with E-state index in [4.69, 9.17) is 9.15 Å². The first-order valence-electron chi connectivity index (χ1n) is 8.14. The zero-order valence-electron chi connectivity index (χ0n) is 14.9. The van der Waals surface area contributed by atoms with Crippen molar-refractivity contribution in [2.75, 3.05) is 19.9 Å². The van der Waals surface area contributed by atoms with Crippen molar-refractivity contribution in [3.8, 4) is 17.2 Å². The minimum Gasteiger partial charge on any atom is -0.497 e. The lowest BCUT2D eigenvalue weighted by Gasteiger charge is -2.16. The van der Waals surface area contributed by atoms with Crippen molar-refractivity contribution >= 4 is 33.6 Å². The van der Waals surface area contributed by atoms with E-state index >= 15 is 0 Å². The molecule has 1 heterocycles. The summed E-state index contributed by atoms with van der Waals surface area (Å²) < 4.78 is 11.8. The molecular formula is C19H18BrN3O3S. The van der Waals surface area contributed by atoms with Crippen LogP contribution in [0.2, 0.25) is 0 Å². The zero-order chi connectivity index (χ0) is 19.2. The maximum Gasteiger partial charge on any atom is 0.277 e. The van der Waals surface area contributed by atoms with Gasteiger partial charge in [-0.05, 0) is 42.0 Å². The Bertz CT molecular complexity index is 897. The molecule has 0 saturated carbocycles. The smallest absolute Gasteiger partial charge is 0.277 e. The van der Waals surface area contributed by atoms with Gasteiger partial charge < -0.3 is 14.1 Å². The van der Waals surface area contributed by atoms with Crippen molar-refractivity contribution in [1.82, 2.24) is 15.1 Å². The van der Waals surface area contributed by atoms with Crippen molar-refractivity contribution in [3.05, 3.63) is 58.6 Å². The molecule has 27 heavy (non-hydrogen) atoms. The Balaban J connectivity index is 1.54. The van der Waals surface area contributed by atoms with E-state index in [2.05, 4.69) is 26.1 Å². The van der Waals surface area contributed by atoms with Gasteiger partial charge in [0.2, 0.25) is 11.8 Å². The molecule has 0 unspecified atom stereocenters. The Morgan fingerprint density at radius 3 is 2.52 bits per heavy atom. The molecule has 3 aromatic rings. The molecule has 0 saturated heterocycles. The predicted molar refractivity (Wildman–Crippen MR) is 108 cm³/mol. The number of thioether (sulfide) groups is 1. The second kappa shape index (κ2) is 9.05. The van der Waals surface area contributed by atoms with Gasteiger partial charge in [-0.3, -0.25) is 4.79 Å². The summed E-state index contributed by atoms with van der Waals surface area (Å²) in [6.07, 6.45) is 0. The highest BCUT2D eigenvalue weighted by Crippen LogP contribution is 2.25. The van der Waals surface area contributed by atoms with Crippen LogP contribution in [0, 0.1) is 0 Å². The largest absolute Gasteiger partial charge is 0.497 e. The number of rotatable bonds is 7. The normalized spacial score (nSPS) is 10.6. The molecule has 0 aliphatic rings. The number of methoxy groups -OCH3 is 1. The Morgan fingerprint density at radius 1 is 1.15 bits per heavy atom. The number of nitrogens with zero attached hydrogens (tertiary/aromatic N) is 3. The Morgan fingerprint density at radius 2 is 1.85 bits per heavy atom. The van der Waals surface area contributed by atoms with Crippen LogP contribution in [0.5, 0.6) is 5.75 Å². The van der Waals surface area contributed by atoms with Crippen LogP contribution in [0.1, 0.15) is 5.56 Å². The molecule has 0 fully saturated rings. The molecular weight excluding hydrogens is 430 g/mol. The highest BCUT2D eigenvalue weighted by molar-refractivity contribution is 9.10. The molecule has 0 aliphatic carbocycles. The van der Waals surface area contributed by atoms with E-state index in [1.807, 2.05) is 48.5 Å². The minimum absolute atomic E-state index is 0.00730. The number of amides is 1. The van der Waals surface area contributed by atoms with Gasteiger partial charge in [0.1, 0.15) is 5.75 Å². The van der Waals surface area contributed by atoms with Crippen LogP contribution < -0.4 is 4.74 Å². The third-order valence-corrected chi connectivity index (χ3v) is 5.15. The highest BCUT2D eigenvalue weighted by Gasteiger charge is 2.14. The maximum atomic E-state index is 12.3. The number of benzene rings is 2.